The average Bonchev–Trinajstić information content (AvgIpc) is 2.32. The summed E-state index contributed by atoms with van der Waals surface area (Å²) in [6.07, 6.45) is 0. The number of phenolic OH excluding ortho intramolecular Hbond substituents is 2. The maximum atomic E-state index is 12.4. The van der Waals surface area contributed by atoms with Crippen molar-refractivity contribution in [1.82, 2.24) is 0 Å². The lowest BCUT2D eigenvalue weighted by Crippen LogP contribution is -2.15. The van der Waals surface area contributed by atoms with Crippen LogP contribution >= 0.6 is 7.60 Å². The molecular formula is C11H18NO5P. The zero-order chi connectivity index (χ0) is 13.8. The fourth-order valence-corrected chi connectivity index (χ4v) is 3.17. The highest BCUT2D eigenvalue weighted by atomic mass is 31.2. The number of rotatable bonds is 6. The Balaban J connectivity index is 3.13. The molecule has 18 heavy (non-hydrogen) atoms. The molecule has 0 saturated carbocycles. The molecule has 4 N–H and O–H groups in total. The van der Waals surface area contributed by atoms with Crippen molar-refractivity contribution in [2.24, 2.45) is 5.73 Å². The smallest absolute Gasteiger partial charge is 0.351 e. The summed E-state index contributed by atoms with van der Waals surface area (Å²) in [5.41, 5.74) is 5.96. The van der Waals surface area contributed by atoms with E-state index >= 15 is 0 Å². The molecule has 0 aliphatic carbocycles. The van der Waals surface area contributed by atoms with Gasteiger partial charge in [0.15, 0.2) is 0 Å². The van der Waals surface area contributed by atoms with Gasteiger partial charge in [-0.15, -0.1) is 0 Å². The van der Waals surface area contributed by atoms with Gasteiger partial charge in [0.25, 0.3) is 0 Å². The number of benzene rings is 1. The van der Waals surface area contributed by atoms with E-state index in [-0.39, 0.29) is 30.3 Å². The van der Waals surface area contributed by atoms with Crippen molar-refractivity contribution in [1.29, 1.82) is 0 Å². The van der Waals surface area contributed by atoms with Gasteiger partial charge in [-0.3, -0.25) is 4.57 Å². The van der Waals surface area contributed by atoms with Gasteiger partial charge in [0, 0.05) is 5.56 Å². The van der Waals surface area contributed by atoms with Gasteiger partial charge < -0.3 is 25.0 Å². The molecule has 0 amide bonds. The Labute approximate surface area is 106 Å². The Hall–Kier alpha value is -1.07. The Kier molecular flexibility index (Phi) is 5.16. The maximum absolute atomic E-state index is 12.4. The monoisotopic (exact) mass is 275 g/mol. The predicted octanol–water partition coefficient (Wildman–Crippen LogP) is 2.32. The van der Waals surface area contributed by atoms with E-state index in [2.05, 4.69) is 0 Å². The first-order chi connectivity index (χ1) is 8.44. The average molecular weight is 275 g/mol. The molecule has 1 rings (SSSR count). The van der Waals surface area contributed by atoms with Crippen molar-refractivity contribution < 1.29 is 23.8 Å². The molecule has 0 fully saturated rings. The molecule has 1 aromatic carbocycles. The van der Waals surface area contributed by atoms with Gasteiger partial charge >= 0.3 is 7.60 Å². The molecule has 0 aliphatic rings. The second-order valence-corrected chi connectivity index (χ2v) is 5.72. The molecule has 0 spiro atoms. The van der Waals surface area contributed by atoms with Gasteiger partial charge in [0.2, 0.25) is 0 Å². The first-order valence-electron chi connectivity index (χ1n) is 5.60. The predicted molar refractivity (Wildman–Crippen MR) is 67.6 cm³/mol. The second kappa shape index (κ2) is 6.20. The quantitative estimate of drug-likeness (QED) is 0.544. The minimum atomic E-state index is -3.57. The van der Waals surface area contributed by atoms with Crippen LogP contribution in [0.1, 0.15) is 25.2 Å². The Bertz CT molecular complexity index is 441. The molecule has 0 saturated heterocycles. The SMILES string of the molecule is CCOP(=O)(OCC)[C@H](N)c1cc(O)ccc1O. The molecule has 0 bridgehead atoms. The number of hydrogen-bond acceptors (Lipinski definition) is 6. The molecular weight excluding hydrogens is 257 g/mol. The Morgan fingerprint density at radius 2 is 1.83 bits per heavy atom. The number of nitrogens with two attached hydrogens (primary N) is 1. The third kappa shape index (κ3) is 3.23. The third-order valence-corrected chi connectivity index (χ3v) is 4.48. The van der Waals surface area contributed by atoms with Gasteiger partial charge in [-0.05, 0) is 32.0 Å². The van der Waals surface area contributed by atoms with E-state index in [1.165, 1.54) is 18.2 Å². The van der Waals surface area contributed by atoms with Crippen molar-refractivity contribution >= 4 is 7.60 Å². The van der Waals surface area contributed by atoms with Crippen LogP contribution in [0.2, 0.25) is 0 Å². The van der Waals surface area contributed by atoms with Crippen molar-refractivity contribution in [2.75, 3.05) is 13.2 Å². The highest BCUT2D eigenvalue weighted by Crippen LogP contribution is 2.59. The molecule has 1 aromatic rings. The zero-order valence-corrected chi connectivity index (χ0v) is 11.3. The fraction of sp³-hybridized carbons (Fsp3) is 0.455. The van der Waals surface area contributed by atoms with Crippen molar-refractivity contribution in [3.05, 3.63) is 23.8 Å². The van der Waals surface area contributed by atoms with E-state index in [1.54, 1.807) is 13.8 Å². The molecule has 7 heteroatoms. The summed E-state index contributed by atoms with van der Waals surface area (Å²) in [6.45, 7) is 3.68. The van der Waals surface area contributed by atoms with E-state index in [0.29, 0.717) is 0 Å². The number of phenols is 2. The topological polar surface area (TPSA) is 102 Å². The first-order valence-corrected chi connectivity index (χ1v) is 7.22. The first kappa shape index (κ1) is 15.0. The highest BCUT2D eigenvalue weighted by molar-refractivity contribution is 7.54. The third-order valence-electron chi connectivity index (χ3n) is 2.29. The van der Waals surface area contributed by atoms with Crippen LogP contribution in [0.3, 0.4) is 0 Å². The zero-order valence-electron chi connectivity index (χ0n) is 10.4. The van der Waals surface area contributed by atoms with Crippen molar-refractivity contribution in [3.63, 3.8) is 0 Å². The van der Waals surface area contributed by atoms with Crippen LogP contribution in [0.25, 0.3) is 0 Å². The van der Waals surface area contributed by atoms with Crippen LogP contribution in [0.4, 0.5) is 0 Å². The number of hydrogen-bond donors (Lipinski definition) is 3. The van der Waals surface area contributed by atoms with Crippen LogP contribution in [0, 0.1) is 0 Å². The summed E-state index contributed by atoms with van der Waals surface area (Å²) < 4.78 is 22.6. The lowest BCUT2D eigenvalue weighted by atomic mass is 10.2. The summed E-state index contributed by atoms with van der Waals surface area (Å²) in [4.78, 5) is 0. The number of aromatic hydroxyl groups is 2. The summed E-state index contributed by atoms with van der Waals surface area (Å²) >= 11 is 0. The van der Waals surface area contributed by atoms with Gasteiger partial charge in [-0.2, -0.15) is 0 Å². The second-order valence-electron chi connectivity index (χ2n) is 3.56. The van der Waals surface area contributed by atoms with Crippen molar-refractivity contribution in [3.8, 4) is 11.5 Å². The van der Waals surface area contributed by atoms with Crippen LogP contribution in [0.15, 0.2) is 18.2 Å². The van der Waals surface area contributed by atoms with E-state index in [1.807, 2.05) is 0 Å². The van der Waals surface area contributed by atoms with Crippen LogP contribution in [0.5, 0.6) is 11.5 Å². The molecule has 0 unspecified atom stereocenters. The largest absolute Gasteiger partial charge is 0.508 e. The fourth-order valence-electron chi connectivity index (χ4n) is 1.51. The minimum Gasteiger partial charge on any atom is -0.508 e. The van der Waals surface area contributed by atoms with Gasteiger partial charge in [-0.25, -0.2) is 0 Å². The van der Waals surface area contributed by atoms with Gasteiger partial charge in [-0.1, -0.05) is 0 Å². The summed E-state index contributed by atoms with van der Waals surface area (Å²) in [5.74, 6) is -1.40. The van der Waals surface area contributed by atoms with Crippen LogP contribution < -0.4 is 5.73 Å². The highest BCUT2D eigenvalue weighted by Gasteiger charge is 2.35. The Morgan fingerprint density at radius 3 is 2.33 bits per heavy atom. The van der Waals surface area contributed by atoms with Crippen LogP contribution in [-0.2, 0) is 13.6 Å². The molecule has 0 heterocycles. The lowest BCUT2D eigenvalue weighted by Gasteiger charge is -2.23. The van der Waals surface area contributed by atoms with E-state index < -0.39 is 13.4 Å². The van der Waals surface area contributed by atoms with E-state index in [0.717, 1.165) is 0 Å². The Morgan fingerprint density at radius 1 is 1.28 bits per heavy atom. The standard InChI is InChI=1S/C11H18NO5P/c1-3-16-18(15,17-4-2)11(12)9-7-8(13)5-6-10(9)14/h5-7,11,13-14H,3-4,12H2,1-2H3/t11-/m0/s1. The lowest BCUT2D eigenvalue weighted by molar-refractivity contribution is 0.212. The van der Waals surface area contributed by atoms with Gasteiger partial charge in [0.05, 0.1) is 13.2 Å². The maximum Gasteiger partial charge on any atom is 0.351 e. The molecule has 0 radical (unpaired) electrons. The molecule has 1 atom stereocenters. The normalized spacial score (nSPS) is 13.5. The molecule has 102 valence electrons. The van der Waals surface area contributed by atoms with E-state index in [9.17, 15) is 14.8 Å². The summed E-state index contributed by atoms with van der Waals surface area (Å²) in [6, 6.07) is 3.81. The van der Waals surface area contributed by atoms with E-state index in [4.69, 9.17) is 14.8 Å². The van der Waals surface area contributed by atoms with Gasteiger partial charge in [0.1, 0.15) is 17.3 Å². The molecule has 0 aromatic heterocycles. The van der Waals surface area contributed by atoms with Crippen molar-refractivity contribution in [2.45, 2.75) is 19.6 Å². The van der Waals surface area contributed by atoms with Crippen LogP contribution in [-0.4, -0.2) is 23.4 Å². The molecule has 6 nitrogen and oxygen atoms in total. The minimum absolute atomic E-state index is 0.0854. The summed E-state index contributed by atoms with van der Waals surface area (Å²) in [7, 11) is -3.57. The molecule has 0 aliphatic heterocycles. The summed E-state index contributed by atoms with van der Waals surface area (Å²) in [5, 5.41) is 19.1.